The second-order valence-corrected chi connectivity index (χ2v) is 5.16. The lowest BCUT2D eigenvalue weighted by molar-refractivity contribution is 0.0644. The van der Waals surface area contributed by atoms with E-state index in [1.807, 2.05) is 25.1 Å². The standard InChI is InChI=1S/C15H24ClNO3/c1-12(17)10-13-4-5-15(14(16)11-13)20-7-3-6-19-9-8-18-2/h4-5,11-12H,3,6-10,17H2,1-2H3. The molecule has 5 heteroatoms. The summed E-state index contributed by atoms with van der Waals surface area (Å²) in [6, 6.07) is 5.93. The molecule has 0 fully saturated rings. The molecule has 4 nitrogen and oxygen atoms in total. The molecule has 1 rings (SSSR count). The molecule has 1 atom stereocenters. The lowest BCUT2D eigenvalue weighted by atomic mass is 10.1. The topological polar surface area (TPSA) is 53.7 Å². The van der Waals surface area contributed by atoms with Gasteiger partial charge in [-0.25, -0.2) is 0 Å². The van der Waals surface area contributed by atoms with Crippen LogP contribution in [0.2, 0.25) is 5.02 Å². The quantitative estimate of drug-likeness (QED) is 0.675. The molecule has 0 aliphatic heterocycles. The van der Waals surface area contributed by atoms with Crippen molar-refractivity contribution in [1.29, 1.82) is 0 Å². The van der Waals surface area contributed by atoms with Crippen LogP contribution in [-0.2, 0) is 15.9 Å². The Kier molecular flexibility index (Phi) is 8.62. The molecular formula is C15H24ClNO3. The zero-order chi connectivity index (χ0) is 14.8. The summed E-state index contributed by atoms with van der Waals surface area (Å²) in [6.45, 7) is 4.45. The average molecular weight is 302 g/mol. The van der Waals surface area contributed by atoms with Crippen LogP contribution in [0.15, 0.2) is 18.2 Å². The fourth-order valence-corrected chi connectivity index (χ4v) is 2.01. The highest BCUT2D eigenvalue weighted by molar-refractivity contribution is 6.32. The predicted molar refractivity (Wildman–Crippen MR) is 81.6 cm³/mol. The molecule has 0 radical (unpaired) electrons. The van der Waals surface area contributed by atoms with E-state index >= 15 is 0 Å². The van der Waals surface area contributed by atoms with Crippen LogP contribution >= 0.6 is 11.6 Å². The number of ether oxygens (including phenoxy) is 3. The van der Waals surface area contributed by atoms with Gasteiger partial charge in [0.1, 0.15) is 5.75 Å². The molecule has 114 valence electrons. The van der Waals surface area contributed by atoms with Crippen molar-refractivity contribution in [1.82, 2.24) is 0 Å². The molecule has 0 bridgehead atoms. The third-order valence-corrected chi connectivity index (χ3v) is 2.97. The summed E-state index contributed by atoms with van der Waals surface area (Å²) < 4.78 is 15.9. The first-order valence-electron chi connectivity index (χ1n) is 6.87. The average Bonchev–Trinajstić information content (AvgIpc) is 2.39. The maximum absolute atomic E-state index is 6.18. The third kappa shape index (κ3) is 7.10. The van der Waals surface area contributed by atoms with Crippen LogP contribution in [0.25, 0.3) is 0 Å². The largest absolute Gasteiger partial charge is 0.492 e. The highest BCUT2D eigenvalue weighted by atomic mass is 35.5. The zero-order valence-electron chi connectivity index (χ0n) is 12.2. The Hall–Kier alpha value is -0.810. The lowest BCUT2D eigenvalue weighted by Gasteiger charge is -2.11. The van der Waals surface area contributed by atoms with Crippen molar-refractivity contribution in [3.63, 3.8) is 0 Å². The van der Waals surface area contributed by atoms with Gasteiger partial charge < -0.3 is 19.9 Å². The second kappa shape index (κ2) is 10.00. The van der Waals surface area contributed by atoms with Gasteiger partial charge >= 0.3 is 0 Å². The molecule has 0 saturated carbocycles. The van der Waals surface area contributed by atoms with E-state index in [1.54, 1.807) is 7.11 Å². The summed E-state index contributed by atoms with van der Waals surface area (Å²) in [5, 5.41) is 0.628. The molecule has 0 aliphatic carbocycles. The minimum Gasteiger partial charge on any atom is -0.492 e. The van der Waals surface area contributed by atoms with Crippen LogP contribution in [0.4, 0.5) is 0 Å². The minimum atomic E-state index is 0.127. The number of hydrogen-bond acceptors (Lipinski definition) is 4. The zero-order valence-corrected chi connectivity index (χ0v) is 13.0. The molecule has 0 aliphatic rings. The molecule has 0 heterocycles. The van der Waals surface area contributed by atoms with Crippen LogP contribution < -0.4 is 10.5 Å². The van der Waals surface area contributed by atoms with Crippen molar-refractivity contribution in [2.24, 2.45) is 5.73 Å². The fourth-order valence-electron chi connectivity index (χ4n) is 1.75. The van der Waals surface area contributed by atoms with Gasteiger partial charge in [0.2, 0.25) is 0 Å². The van der Waals surface area contributed by atoms with E-state index in [0.717, 1.165) is 18.4 Å². The molecule has 2 N–H and O–H groups in total. The van der Waals surface area contributed by atoms with Crippen molar-refractivity contribution < 1.29 is 14.2 Å². The van der Waals surface area contributed by atoms with Gasteiger partial charge in [0.15, 0.2) is 0 Å². The summed E-state index contributed by atoms with van der Waals surface area (Å²) in [7, 11) is 1.66. The minimum absolute atomic E-state index is 0.127. The Balaban J connectivity index is 2.26. The molecule has 20 heavy (non-hydrogen) atoms. The van der Waals surface area contributed by atoms with Crippen LogP contribution in [0, 0.1) is 0 Å². The SMILES string of the molecule is COCCOCCCOc1ccc(CC(C)N)cc1Cl. The summed E-state index contributed by atoms with van der Waals surface area (Å²) in [5.41, 5.74) is 6.89. The summed E-state index contributed by atoms with van der Waals surface area (Å²) in [5.74, 6) is 0.706. The van der Waals surface area contributed by atoms with E-state index < -0.39 is 0 Å². The molecule has 1 aromatic carbocycles. The van der Waals surface area contributed by atoms with E-state index in [9.17, 15) is 0 Å². The van der Waals surface area contributed by atoms with Gasteiger partial charge in [0.05, 0.1) is 24.8 Å². The first kappa shape index (κ1) is 17.2. The van der Waals surface area contributed by atoms with Crippen LogP contribution in [0.5, 0.6) is 5.75 Å². The van der Waals surface area contributed by atoms with Gasteiger partial charge in [-0.1, -0.05) is 17.7 Å². The molecule has 0 saturated heterocycles. The molecule has 0 amide bonds. The normalized spacial score (nSPS) is 12.4. The Morgan fingerprint density at radius 1 is 1.20 bits per heavy atom. The van der Waals surface area contributed by atoms with Crippen molar-refractivity contribution in [3.8, 4) is 5.75 Å². The fraction of sp³-hybridized carbons (Fsp3) is 0.600. The summed E-state index contributed by atoms with van der Waals surface area (Å²) in [6.07, 6.45) is 1.63. The Bertz CT molecular complexity index is 385. The summed E-state index contributed by atoms with van der Waals surface area (Å²) >= 11 is 6.18. The van der Waals surface area contributed by atoms with E-state index in [4.69, 9.17) is 31.5 Å². The number of hydrogen-bond donors (Lipinski definition) is 1. The second-order valence-electron chi connectivity index (χ2n) is 4.75. The molecule has 0 aromatic heterocycles. The number of halogens is 1. The number of rotatable bonds is 10. The Morgan fingerprint density at radius 3 is 2.65 bits per heavy atom. The third-order valence-electron chi connectivity index (χ3n) is 2.68. The van der Waals surface area contributed by atoms with E-state index in [1.165, 1.54) is 0 Å². The van der Waals surface area contributed by atoms with Crippen molar-refractivity contribution in [2.75, 3.05) is 33.5 Å². The van der Waals surface area contributed by atoms with E-state index in [2.05, 4.69) is 0 Å². The van der Waals surface area contributed by atoms with Crippen LogP contribution in [0.1, 0.15) is 18.9 Å². The van der Waals surface area contributed by atoms with Gasteiger partial charge in [-0.3, -0.25) is 0 Å². The van der Waals surface area contributed by atoms with E-state index in [-0.39, 0.29) is 6.04 Å². The Labute approximate surface area is 126 Å². The van der Waals surface area contributed by atoms with Crippen molar-refractivity contribution in [2.45, 2.75) is 25.8 Å². The first-order chi connectivity index (χ1) is 9.63. The maximum atomic E-state index is 6.18. The first-order valence-corrected chi connectivity index (χ1v) is 7.24. The smallest absolute Gasteiger partial charge is 0.137 e. The number of nitrogens with two attached hydrogens (primary N) is 1. The van der Waals surface area contributed by atoms with E-state index in [0.29, 0.717) is 37.2 Å². The van der Waals surface area contributed by atoms with Gasteiger partial charge in [-0.05, 0) is 31.0 Å². The van der Waals surface area contributed by atoms with Crippen molar-refractivity contribution >= 4 is 11.6 Å². The molecule has 0 spiro atoms. The van der Waals surface area contributed by atoms with Crippen LogP contribution in [-0.4, -0.2) is 39.6 Å². The molecule has 1 unspecified atom stereocenters. The monoisotopic (exact) mass is 301 g/mol. The molecule has 1 aromatic rings. The summed E-state index contributed by atoms with van der Waals surface area (Å²) in [4.78, 5) is 0. The Morgan fingerprint density at radius 2 is 2.00 bits per heavy atom. The van der Waals surface area contributed by atoms with Gasteiger partial charge in [-0.2, -0.15) is 0 Å². The lowest BCUT2D eigenvalue weighted by Crippen LogP contribution is -2.17. The van der Waals surface area contributed by atoms with Crippen molar-refractivity contribution in [3.05, 3.63) is 28.8 Å². The van der Waals surface area contributed by atoms with Gasteiger partial charge in [0, 0.05) is 26.2 Å². The maximum Gasteiger partial charge on any atom is 0.137 e. The number of methoxy groups -OCH3 is 1. The highest BCUT2D eigenvalue weighted by Gasteiger charge is 2.05. The molecular weight excluding hydrogens is 278 g/mol. The number of benzene rings is 1. The van der Waals surface area contributed by atoms with Gasteiger partial charge in [-0.15, -0.1) is 0 Å². The van der Waals surface area contributed by atoms with Gasteiger partial charge in [0.25, 0.3) is 0 Å². The van der Waals surface area contributed by atoms with Crippen LogP contribution in [0.3, 0.4) is 0 Å². The highest BCUT2D eigenvalue weighted by Crippen LogP contribution is 2.26. The predicted octanol–water partition coefficient (Wildman–Crippen LogP) is 2.66.